The first-order chi connectivity index (χ1) is 23.2. The second-order valence-corrected chi connectivity index (χ2v) is 13.5. The van der Waals surface area contributed by atoms with E-state index in [2.05, 4.69) is 85.2 Å². The third kappa shape index (κ3) is 18.1. The largest absolute Gasteiger partial charge is 0.478 e. The SMILES string of the molecule is CCC=CCC=CCC=CCC=CCC=CCC=CCCCSC(CC)(CC)C(=O)NC(CC(C)C)C(=O)Oc1ccccc1C(=O)O. The summed E-state index contributed by atoms with van der Waals surface area (Å²) in [6.07, 6.45) is 35.8. The molecular formula is C41H59NO5S. The number of benzene rings is 1. The summed E-state index contributed by atoms with van der Waals surface area (Å²) >= 11 is 1.64. The Morgan fingerprint density at radius 3 is 1.77 bits per heavy atom. The molecule has 7 heteroatoms. The minimum absolute atomic E-state index is 0.0287. The van der Waals surface area contributed by atoms with Crippen molar-refractivity contribution in [2.75, 3.05) is 5.75 Å². The number of amides is 1. The van der Waals surface area contributed by atoms with Gasteiger partial charge in [0.1, 0.15) is 17.4 Å². The molecule has 264 valence electrons. The highest BCUT2D eigenvalue weighted by molar-refractivity contribution is 8.01. The maximum absolute atomic E-state index is 13.6. The van der Waals surface area contributed by atoms with Crippen molar-refractivity contribution in [2.24, 2.45) is 5.92 Å². The van der Waals surface area contributed by atoms with Crippen molar-refractivity contribution in [1.29, 1.82) is 0 Å². The van der Waals surface area contributed by atoms with Gasteiger partial charge in [-0.1, -0.05) is 120 Å². The molecule has 1 unspecified atom stereocenters. The quantitative estimate of drug-likeness (QED) is 0.0463. The summed E-state index contributed by atoms with van der Waals surface area (Å²) in [7, 11) is 0. The lowest BCUT2D eigenvalue weighted by Crippen LogP contribution is -2.52. The number of para-hydroxylation sites is 1. The van der Waals surface area contributed by atoms with E-state index >= 15 is 0 Å². The predicted molar refractivity (Wildman–Crippen MR) is 204 cm³/mol. The van der Waals surface area contributed by atoms with Crippen molar-refractivity contribution < 1.29 is 24.2 Å². The van der Waals surface area contributed by atoms with E-state index in [0.29, 0.717) is 19.3 Å². The average Bonchev–Trinajstić information content (AvgIpc) is 3.07. The summed E-state index contributed by atoms with van der Waals surface area (Å²) in [6.45, 7) is 10.1. The van der Waals surface area contributed by atoms with Crippen molar-refractivity contribution >= 4 is 29.6 Å². The summed E-state index contributed by atoms with van der Waals surface area (Å²) < 4.78 is 4.84. The monoisotopic (exact) mass is 677 g/mol. The van der Waals surface area contributed by atoms with Crippen LogP contribution in [0.1, 0.15) is 116 Å². The molecular weight excluding hydrogens is 619 g/mol. The number of thioether (sulfide) groups is 1. The zero-order valence-electron chi connectivity index (χ0n) is 29.9. The molecule has 1 atom stereocenters. The number of esters is 1. The average molecular weight is 678 g/mol. The van der Waals surface area contributed by atoms with E-state index in [0.717, 1.165) is 57.1 Å². The van der Waals surface area contributed by atoms with Gasteiger partial charge in [-0.2, -0.15) is 0 Å². The van der Waals surface area contributed by atoms with Crippen LogP contribution < -0.4 is 10.1 Å². The third-order valence-electron chi connectivity index (χ3n) is 7.67. The van der Waals surface area contributed by atoms with E-state index in [1.807, 2.05) is 27.7 Å². The van der Waals surface area contributed by atoms with Crippen LogP contribution in [-0.4, -0.2) is 39.5 Å². The predicted octanol–water partition coefficient (Wildman–Crippen LogP) is 10.6. The van der Waals surface area contributed by atoms with E-state index in [1.54, 1.807) is 23.9 Å². The highest BCUT2D eigenvalue weighted by Crippen LogP contribution is 2.34. The Morgan fingerprint density at radius 1 is 0.792 bits per heavy atom. The smallest absolute Gasteiger partial charge is 0.339 e. The molecule has 0 bridgehead atoms. The van der Waals surface area contributed by atoms with E-state index in [-0.39, 0.29) is 23.1 Å². The molecule has 0 aliphatic rings. The Labute approximate surface area is 294 Å². The number of hydrogen-bond donors (Lipinski definition) is 2. The first kappa shape index (κ1) is 42.4. The van der Waals surface area contributed by atoms with E-state index in [9.17, 15) is 19.5 Å². The molecule has 0 saturated carbocycles. The molecule has 0 heterocycles. The first-order valence-electron chi connectivity index (χ1n) is 17.6. The molecule has 0 saturated heterocycles. The molecule has 6 nitrogen and oxygen atoms in total. The van der Waals surface area contributed by atoms with Crippen LogP contribution >= 0.6 is 11.8 Å². The van der Waals surface area contributed by atoms with Gasteiger partial charge in [0.25, 0.3) is 0 Å². The fraction of sp³-hybridized carbons (Fsp3) is 0.488. The summed E-state index contributed by atoms with van der Waals surface area (Å²) in [4.78, 5) is 38.4. The van der Waals surface area contributed by atoms with E-state index in [1.165, 1.54) is 12.1 Å². The van der Waals surface area contributed by atoms with Crippen molar-refractivity contribution in [3.63, 3.8) is 0 Å². The number of rotatable bonds is 25. The van der Waals surface area contributed by atoms with Crippen LogP contribution in [0.5, 0.6) is 5.75 Å². The molecule has 1 amide bonds. The topological polar surface area (TPSA) is 92.7 Å². The van der Waals surface area contributed by atoms with Crippen LogP contribution in [0.2, 0.25) is 0 Å². The Morgan fingerprint density at radius 2 is 1.29 bits per heavy atom. The number of hydrogen-bond acceptors (Lipinski definition) is 5. The van der Waals surface area contributed by atoms with Crippen LogP contribution in [0.3, 0.4) is 0 Å². The molecule has 0 spiro atoms. The van der Waals surface area contributed by atoms with E-state index in [4.69, 9.17) is 4.74 Å². The van der Waals surface area contributed by atoms with Crippen molar-refractivity contribution in [3.8, 4) is 5.75 Å². The van der Waals surface area contributed by atoms with Crippen LogP contribution in [0, 0.1) is 5.92 Å². The van der Waals surface area contributed by atoms with Crippen LogP contribution in [-0.2, 0) is 9.59 Å². The fourth-order valence-corrected chi connectivity index (χ4v) is 6.14. The maximum atomic E-state index is 13.6. The van der Waals surface area contributed by atoms with Gasteiger partial charge >= 0.3 is 11.9 Å². The molecule has 1 aromatic carbocycles. The Hall–Kier alpha value is -3.58. The minimum atomic E-state index is -1.18. The van der Waals surface area contributed by atoms with Crippen LogP contribution in [0.4, 0.5) is 0 Å². The lowest BCUT2D eigenvalue weighted by Gasteiger charge is -2.32. The molecule has 1 aromatic rings. The van der Waals surface area contributed by atoms with Gasteiger partial charge < -0.3 is 15.2 Å². The standard InChI is InChI=1S/C41H59NO5S/c1-6-9-10-11-12-13-14-15-16-17-18-19-20-21-22-23-24-25-26-29-32-48-41(7-2,8-3)40(46)42-36(33-34(4)5)39(45)47-37-31-28-27-30-35(37)38(43)44/h9-10,12-13,15-16,18-19,21-22,24-25,27-28,30-31,34,36H,6-8,11,14,17,20,23,26,29,32-33H2,1-5H3,(H,42,46)(H,43,44). The van der Waals surface area contributed by atoms with E-state index < -0.39 is 22.7 Å². The van der Waals surface area contributed by atoms with Crippen LogP contribution in [0.25, 0.3) is 0 Å². The number of carboxylic acids is 1. The number of allylic oxidation sites excluding steroid dienone is 12. The Balaban J connectivity index is 2.47. The molecule has 2 N–H and O–H groups in total. The van der Waals surface area contributed by atoms with Gasteiger partial charge in [-0.3, -0.25) is 4.79 Å². The molecule has 0 aliphatic heterocycles. The number of unbranched alkanes of at least 4 members (excludes halogenated alkanes) is 1. The van der Waals surface area contributed by atoms with Gasteiger partial charge in [0.2, 0.25) is 5.91 Å². The van der Waals surface area contributed by atoms with Gasteiger partial charge in [-0.25, -0.2) is 9.59 Å². The number of carbonyl (C=O) groups excluding carboxylic acids is 2. The Bertz CT molecular complexity index is 1250. The van der Waals surface area contributed by atoms with Crippen molar-refractivity contribution in [3.05, 3.63) is 103 Å². The molecule has 0 aliphatic carbocycles. The molecule has 0 fully saturated rings. The highest BCUT2D eigenvalue weighted by Gasteiger charge is 2.38. The lowest BCUT2D eigenvalue weighted by molar-refractivity contribution is -0.140. The summed E-state index contributed by atoms with van der Waals surface area (Å²) in [5.41, 5.74) is -0.0978. The normalized spacial score (nSPS) is 13.3. The number of ether oxygens (including phenoxy) is 1. The number of carboxylic acid groups (broad SMARTS) is 1. The van der Waals surface area contributed by atoms with Gasteiger partial charge in [0.05, 0.1) is 4.75 Å². The van der Waals surface area contributed by atoms with Gasteiger partial charge in [-0.05, 0) is 94.4 Å². The number of aromatic carboxylic acids is 1. The highest BCUT2D eigenvalue weighted by atomic mass is 32.2. The second-order valence-electron chi connectivity index (χ2n) is 12.0. The van der Waals surface area contributed by atoms with Gasteiger partial charge in [-0.15, -0.1) is 11.8 Å². The molecule has 1 rings (SSSR count). The zero-order valence-corrected chi connectivity index (χ0v) is 30.7. The fourth-order valence-electron chi connectivity index (χ4n) is 4.84. The third-order valence-corrected chi connectivity index (χ3v) is 9.48. The summed E-state index contributed by atoms with van der Waals surface area (Å²) in [6, 6.07) is 5.14. The lowest BCUT2D eigenvalue weighted by atomic mass is 9.98. The number of nitrogens with one attached hydrogen (secondary N) is 1. The van der Waals surface area contributed by atoms with Gasteiger partial charge in [0.15, 0.2) is 0 Å². The molecule has 0 radical (unpaired) electrons. The maximum Gasteiger partial charge on any atom is 0.339 e. The van der Waals surface area contributed by atoms with Crippen molar-refractivity contribution in [2.45, 2.75) is 116 Å². The van der Waals surface area contributed by atoms with Crippen molar-refractivity contribution in [1.82, 2.24) is 5.32 Å². The Kier molecular flexibility index (Phi) is 23.3. The van der Waals surface area contributed by atoms with Gasteiger partial charge in [0, 0.05) is 0 Å². The second kappa shape index (κ2) is 26.4. The molecule has 0 aromatic heterocycles. The first-order valence-corrected chi connectivity index (χ1v) is 18.6. The minimum Gasteiger partial charge on any atom is -0.478 e. The zero-order chi connectivity index (χ0) is 35.5. The molecule has 48 heavy (non-hydrogen) atoms. The number of carbonyl (C=O) groups is 3. The van der Waals surface area contributed by atoms with Crippen LogP contribution in [0.15, 0.2) is 97.2 Å². The summed E-state index contributed by atoms with van der Waals surface area (Å²) in [5, 5.41) is 12.4. The summed E-state index contributed by atoms with van der Waals surface area (Å²) in [5.74, 6) is -1.11.